The van der Waals surface area contributed by atoms with Crippen molar-refractivity contribution in [3.63, 3.8) is 0 Å². The smallest absolute Gasteiger partial charge is 0.241 e. The number of nitrogens with zero attached hydrogens (tertiary/aromatic N) is 3. The molecule has 1 aliphatic rings. The molecular formula is C27H39N7O3S. The van der Waals surface area contributed by atoms with Gasteiger partial charge in [-0.15, -0.1) is 0 Å². The number of methoxy groups -OCH3 is 1. The van der Waals surface area contributed by atoms with Crippen molar-refractivity contribution in [3.8, 4) is 0 Å². The maximum Gasteiger partial charge on any atom is 0.241 e. The van der Waals surface area contributed by atoms with E-state index in [1.165, 1.54) is 0 Å². The molecule has 0 unspecified atom stereocenters. The summed E-state index contributed by atoms with van der Waals surface area (Å²) in [5, 5.41) is 11.5. The normalized spacial score (nSPS) is 18.0. The van der Waals surface area contributed by atoms with Crippen LogP contribution < -0.4 is 20.7 Å². The summed E-state index contributed by atoms with van der Waals surface area (Å²) in [4.78, 5) is 13.8. The van der Waals surface area contributed by atoms with E-state index in [0.717, 1.165) is 43.0 Å². The second kappa shape index (κ2) is 13.2. The molecule has 1 aliphatic carbocycles. The fraction of sp³-hybridized carbons (Fsp3) is 0.519. The lowest BCUT2D eigenvalue weighted by molar-refractivity contribution is 0.210. The van der Waals surface area contributed by atoms with E-state index in [0.29, 0.717) is 54.3 Å². The molecule has 38 heavy (non-hydrogen) atoms. The minimum atomic E-state index is -3.58. The van der Waals surface area contributed by atoms with Gasteiger partial charge in [-0.3, -0.25) is 0 Å². The topological polar surface area (TPSA) is 130 Å². The predicted octanol–water partition coefficient (Wildman–Crippen LogP) is 4.10. The molecule has 0 radical (unpaired) electrons. The van der Waals surface area contributed by atoms with Crippen LogP contribution in [0.4, 0.5) is 17.8 Å². The van der Waals surface area contributed by atoms with Crippen LogP contribution in [0.15, 0.2) is 47.4 Å². The van der Waals surface area contributed by atoms with Crippen LogP contribution in [0.5, 0.6) is 0 Å². The molecule has 0 atom stereocenters. The first-order valence-corrected chi connectivity index (χ1v) is 14.8. The van der Waals surface area contributed by atoms with Crippen LogP contribution in [0.1, 0.15) is 39.5 Å². The maximum atomic E-state index is 13.1. The highest BCUT2D eigenvalue weighted by atomic mass is 32.2. The van der Waals surface area contributed by atoms with E-state index in [4.69, 9.17) is 4.74 Å². The van der Waals surface area contributed by atoms with Gasteiger partial charge in [0.2, 0.25) is 27.9 Å². The summed E-state index contributed by atoms with van der Waals surface area (Å²) >= 11 is 0. The van der Waals surface area contributed by atoms with Crippen LogP contribution in [-0.4, -0.2) is 62.8 Å². The molecule has 206 valence electrons. The Morgan fingerprint density at radius 3 is 2.21 bits per heavy atom. The second-order valence-corrected chi connectivity index (χ2v) is 11.9. The molecule has 0 amide bonds. The number of hydrogen-bond donors (Lipinski definition) is 4. The molecule has 0 bridgehead atoms. The highest BCUT2D eigenvalue weighted by Gasteiger charge is 2.24. The second-order valence-electron chi connectivity index (χ2n) is 10.1. The fourth-order valence-corrected chi connectivity index (χ4v) is 6.08. The number of ether oxygens (including phenoxy) is 1. The Kier molecular flexibility index (Phi) is 9.70. The third kappa shape index (κ3) is 7.75. The SMILES string of the molecule is COCCNc1nc(NCC2CCC(CNS(=O)(=O)c3cccc4ccccc34)CC2)nc(NC(C)C)n1. The minimum Gasteiger partial charge on any atom is -0.383 e. The van der Waals surface area contributed by atoms with Crippen LogP contribution in [0, 0.1) is 11.8 Å². The quantitative estimate of drug-likeness (QED) is 0.236. The van der Waals surface area contributed by atoms with Gasteiger partial charge in [0.15, 0.2) is 0 Å². The number of hydrogen-bond acceptors (Lipinski definition) is 9. The molecule has 1 saturated carbocycles. The lowest BCUT2D eigenvalue weighted by Crippen LogP contribution is -2.32. The number of benzene rings is 2. The van der Waals surface area contributed by atoms with Crippen molar-refractivity contribution in [1.82, 2.24) is 19.7 Å². The summed E-state index contributed by atoms with van der Waals surface area (Å²) in [5.41, 5.74) is 0. The summed E-state index contributed by atoms with van der Waals surface area (Å²) in [6.45, 7) is 6.46. The van der Waals surface area contributed by atoms with E-state index < -0.39 is 10.0 Å². The molecule has 0 aliphatic heterocycles. The zero-order chi connectivity index (χ0) is 27.0. The monoisotopic (exact) mass is 541 g/mol. The Morgan fingerprint density at radius 1 is 0.868 bits per heavy atom. The van der Waals surface area contributed by atoms with Gasteiger partial charge >= 0.3 is 0 Å². The fourth-order valence-electron chi connectivity index (χ4n) is 4.73. The number of rotatable bonds is 13. The number of aromatic nitrogens is 3. The molecule has 4 N–H and O–H groups in total. The first-order valence-electron chi connectivity index (χ1n) is 13.3. The van der Waals surface area contributed by atoms with Crippen molar-refractivity contribution in [2.24, 2.45) is 11.8 Å². The Balaban J connectivity index is 1.28. The highest BCUT2D eigenvalue weighted by molar-refractivity contribution is 7.89. The van der Waals surface area contributed by atoms with Gasteiger partial charge in [0.05, 0.1) is 11.5 Å². The molecule has 0 spiro atoms. The molecular weight excluding hydrogens is 502 g/mol. The van der Waals surface area contributed by atoms with Crippen molar-refractivity contribution >= 4 is 38.6 Å². The van der Waals surface area contributed by atoms with E-state index in [9.17, 15) is 8.42 Å². The van der Waals surface area contributed by atoms with E-state index in [1.54, 1.807) is 19.2 Å². The van der Waals surface area contributed by atoms with Crippen LogP contribution >= 0.6 is 0 Å². The molecule has 1 heterocycles. The average molecular weight is 542 g/mol. The van der Waals surface area contributed by atoms with Gasteiger partial charge in [-0.2, -0.15) is 15.0 Å². The van der Waals surface area contributed by atoms with Gasteiger partial charge in [0.1, 0.15) is 0 Å². The maximum absolute atomic E-state index is 13.1. The predicted molar refractivity (Wildman–Crippen MR) is 152 cm³/mol. The molecule has 1 aromatic heterocycles. The zero-order valence-corrected chi connectivity index (χ0v) is 23.2. The van der Waals surface area contributed by atoms with Gasteiger partial charge in [-0.1, -0.05) is 36.4 Å². The Bertz CT molecular complexity index is 1290. The first-order chi connectivity index (χ1) is 18.3. The molecule has 3 aromatic rings. The van der Waals surface area contributed by atoms with Crippen molar-refractivity contribution in [3.05, 3.63) is 42.5 Å². The molecule has 4 rings (SSSR count). The summed E-state index contributed by atoms with van der Waals surface area (Å²) in [6, 6.07) is 13.2. The van der Waals surface area contributed by atoms with E-state index in [-0.39, 0.29) is 6.04 Å². The van der Waals surface area contributed by atoms with Crippen molar-refractivity contribution in [2.45, 2.75) is 50.5 Å². The lowest BCUT2D eigenvalue weighted by atomic mass is 9.82. The highest BCUT2D eigenvalue weighted by Crippen LogP contribution is 2.29. The summed E-state index contributed by atoms with van der Waals surface area (Å²) < 4.78 is 34.1. The molecule has 0 saturated heterocycles. The van der Waals surface area contributed by atoms with E-state index >= 15 is 0 Å². The van der Waals surface area contributed by atoms with E-state index in [1.807, 2.05) is 44.2 Å². The van der Waals surface area contributed by atoms with Crippen LogP contribution in [0.2, 0.25) is 0 Å². The largest absolute Gasteiger partial charge is 0.383 e. The molecule has 10 nitrogen and oxygen atoms in total. The zero-order valence-electron chi connectivity index (χ0n) is 22.4. The third-order valence-electron chi connectivity index (χ3n) is 6.76. The number of fused-ring (bicyclic) bond motifs is 1. The van der Waals surface area contributed by atoms with Gasteiger partial charge in [-0.25, -0.2) is 13.1 Å². The molecule has 1 fully saturated rings. The summed E-state index contributed by atoms with van der Waals surface area (Å²) in [7, 11) is -1.92. The number of anilines is 3. The Hall–Kier alpha value is -3.02. The summed E-state index contributed by atoms with van der Waals surface area (Å²) in [5.74, 6) is 2.37. The third-order valence-corrected chi connectivity index (χ3v) is 8.24. The van der Waals surface area contributed by atoms with Gasteiger partial charge < -0.3 is 20.7 Å². The standard InChI is InChI=1S/C27H39N7O3S/c1-19(2)31-27-33-25(28-15-16-37-3)32-26(34-27)29-17-20-11-13-21(14-12-20)18-30-38(35,36)24-10-6-8-22-7-4-5-9-23(22)24/h4-10,19-21,30H,11-18H2,1-3H3,(H3,28,29,31,32,33,34). The van der Waals surface area contributed by atoms with Crippen LogP contribution in [-0.2, 0) is 14.8 Å². The lowest BCUT2D eigenvalue weighted by Gasteiger charge is -2.28. The number of nitrogens with one attached hydrogen (secondary N) is 4. The van der Waals surface area contributed by atoms with Gasteiger partial charge in [-0.05, 0) is 62.8 Å². The minimum absolute atomic E-state index is 0.199. The molecule has 11 heteroatoms. The van der Waals surface area contributed by atoms with Gasteiger partial charge in [0, 0.05) is 38.2 Å². The Labute approximate surface area is 225 Å². The van der Waals surface area contributed by atoms with Crippen LogP contribution in [0.25, 0.3) is 10.8 Å². The average Bonchev–Trinajstić information content (AvgIpc) is 2.91. The molecule has 2 aromatic carbocycles. The van der Waals surface area contributed by atoms with Crippen molar-refractivity contribution < 1.29 is 13.2 Å². The Morgan fingerprint density at radius 2 is 1.50 bits per heavy atom. The number of sulfonamides is 1. The van der Waals surface area contributed by atoms with Crippen LogP contribution in [0.3, 0.4) is 0 Å². The first kappa shape index (κ1) is 28.0. The summed E-state index contributed by atoms with van der Waals surface area (Å²) in [6.07, 6.45) is 4.00. The van der Waals surface area contributed by atoms with Gasteiger partial charge in [0.25, 0.3) is 0 Å². The van der Waals surface area contributed by atoms with Crippen molar-refractivity contribution in [1.29, 1.82) is 0 Å². The van der Waals surface area contributed by atoms with E-state index in [2.05, 4.69) is 35.6 Å². The van der Waals surface area contributed by atoms with Crippen molar-refractivity contribution in [2.75, 3.05) is 49.3 Å².